The molecule has 0 aliphatic carbocycles. The number of benzene rings is 1. The molecule has 0 bridgehead atoms. The highest BCUT2D eigenvalue weighted by molar-refractivity contribution is 5.90. The molecule has 0 fully saturated rings. The van der Waals surface area contributed by atoms with E-state index in [0.717, 1.165) is 24.3 Å². The molecule has 0 unspecified atom stereocenters. The first-order valence-corrected chi connectivity index (χ1v) is 6.59. The van der Waals surface area contributed by atoms with Crippen molar-refractivity contribution in [2.24, 2.45) is 0 Å². The second kappa shape index (κ2) is 5.14. The Hall–Kier alpha value is -2.29. The standard InChI is InChI=1S/C16H17N3/c1-2-19-10-8-13(12-19)11-18-15-7-3-5-14-6-4-9-17-16(14)15/h3-10,12,18H,2,11H2,1H3. The minimum absolute atomic E-state index is 0.822. The van der Waals surface area contributed by atoms with Crippen molar-refractivity contribution >= 4 is 16.6 Å². The van der Waals surface area contributed by atoms with Crippen LogP contribution in [-0.4, -0.2) is 9.55 Å². The summed E-state index contributed by atoms with van der Waals surface area (Å²) < 4.78 is 2.18. The molecule has 2 aromatic heterocycles. The fraction of sp³-hybridized carbons (Fsp3) is 0.188. The van der Waals surface area contributed by atoms with Crippen molar-refractivity contribution in [1.82, 2.24) is 9.55 Å². The fourth-order valence-electron chi connectivity index (χ4n) is 2.24. The second-order valence-corrected chi connectivity index (χ2v) is 4.58. The van der Waals surface area contributed by atoms with E-state index in [-0.39, 0.29) is 0 Å². The number of para-hydroxylation sites is 1. The molecule has 0 atom stereocenters. The third-order valence-corrected chi connectivity index (χ3v) is 3.29. The third kappa shape index (κ3) is 2.45. The molecule has 0 radical (unpaired) electrons. The van der Waals surface area contributed by atoms with Gasteiger partial charge in [0.1, 0.15) is 0 Å². The lowest BCUT2D eigenvalue weighted by Crippen LogP contribution is -2.00. The van der Waals surface area contributed by atoms with Gasteiger partial charge in [0.25, 0.3) is 0 Å². The fourth-order valence-corrected chi connectivity index (χ4v) is 2.24. The third-order valence-electron chi connectivity index (χ3n) is 3.29. The first-order valence-electron chi connectivity index (χ1n) is 6.59. The van der Waals surface area contributed by atoms with Gasteiger partial charge < -0.3 is 9.88 Å². The second-order valence-electron chi connectivity index (χ2n) is 4.58. The van der Waals surface area contributed by atoms with Crippen LogP contribution in [-0.2, 0) is 13.1 Å². The van der Waals surface area contributed by atoms with E-state index in [1.165, 1.54) is 10.9 Å². The summed E-state index contributed by atoms with van der Waals surface area (Å²) in [5.74, 6) is 0. The van der Waals surface area contributed by atoms with Crippen LogP contribution in [0.3, 0.4) is 0 Å². The number of hydrogen-bond donors (Lipinski definition) is 1. The molecule has 0 aliphatic rings. The lowest BCUT2D eigenvalue weighted by molar-refractivity contribution is 0.766. The van der Waals surface area contributed by atoms with E-state index in [9.17, 15) is 0 Å². The molecule has 0 spiro atoms. The van der Waals surface area contributed by atoms with Crippen molar-refractivity contribution in [1.29, 1.82) is 0 Å². The zero-order valence-corrected chi connectivity index (χ0v) is 11.0. The van der Waals surface area contributed by atoms with E-state index in [0.29, 0.717) is 0 Å². The number of pyridine rings is 1. The van der Waals surface area contributed by atoms with Gasteiger partial charge in [-0.15, -0.1) is 0 Å². The molecule has 0 saturated carbocycles. The van der Waals surface area contributed by atoms with Gasteiger partial charge in [-0.05, 0) is 30.7 Å². The molecule has 3 nitrogen and oxygen atoms in total. The van der Waals surface area contributed by atoms with Crippen LogP contribution in [0.15, 0.2) is 55.0 Å². The molecule has 0 amide bonds. The Kier molecular flexibility index (Phi) is 3.19. The van der Waals surface area contributed by atoms with Crippen LogP contribution in [0.4, 0.5) is 5.69 Å². The molecule has 3 aromatic rings. The van der Waals surface area contributed by atoms with Crippen molar-refractivity contribution in [3.8, 4) is 0 Å². The summed E-state index contributed by atoms with van der Waals surface area (Å²) in [5, 5.41) is 4.63. The summed E-state index contributed by atoms with van der Waals surface area (Å²) in [4.78, 5) is 4.45. The minimum Gasteiger partial charge on any atom is -0.379 e. The number of aromatic nitrogens is 2. The number of rotatable bonds is 4. The van der Waals surface area contributed by atoms with Crippen LogP contribution in [0.25, 0.3) is 10.9 Å². The van der Waals surface area contributed by atoms with Gasteiger partial charge in [0.05, 0.1) is 11.2 Å². The van der Waals surface area contributed by atoms with Crippen LogP contribution in [0.1, 0.15) is 12.5 Å². The summed E-state index contributed by atoms with van der Waals surface area (Å²) in [6.07, 6.45) is 6.12. The maximum absolute atomic E-state index is 4.45. The molecule has 19 heavy (non-hydrogen) atoms. The van der Waals surface area contributed by atoms with Gasteiger partial charge in [-0.3, -0.25) is 4.98 Å². The van der Waals surface area contributed by atoms with Crippen molar-refractivity contribution in [2.45, 2.75) is 20.0 Å². The summed E-state index contributed by atoms with van der Waals surface area (Å²) in [7, 11) is 0. The van der Waals surface area contributed by atoms with Crippen molar-refractivity contribution in [3.63, 3.8) is 0 Å². The molecule has 0 saturated heterocycles. The molecule has 3 rings (SSSR count). The number of nitrogens with one attached hydrogen (secondary N) is 1. The summed E-state index contributed by atoms with van der Waals surface area (Å²) in [6, 6.07) is 12.4. The normalized spacial score (nSPS) is 10.8. The van der Waals surface area contributed by atoms with E-state index in [2.05, 4.69) is 64.5 Å². The van der Waals surface area contributed by atoms with Gasteiger partial charge >= 0.3 is 0 Å². The van der Waals surface area contributed by atoms with E-state index >= 15 is 0 Å². The Morgan fingerprint density at radius 3 is 2.89 bits per heavy atom. The zero-order chi connectivity index (χ0) is 13.1. The Balaban J connectivity index is 1.81. The number of fused-ring (bicyclic) bond motifs is 1. The molecule has 1 aromatic carbocycles. The van der Waals surface area contributed by atoms with Gasteiger partial charge in [-0.1, -0.05) is 18.2 Å². The number of hydrogen-bond acceptors (Lipinski definition) is 2. The lowest BCUT2D eigenvalue weighted by Gasteiger charge is -2.08. The van der Waals surface area contributed by atoms with Crippen LogP contribution in [0.5, 0.6) is 0 Å². The Bertz CT molecular complexity index is 680. The van der Waals surface area contributed by atoms with Gasteiger partial charge in [0, 0.05) is 37.1 Å². The van der Waals surface area contributed by atoms with Gasteiger partial charge in [-0.25, -0.2) is 0 Å². The van der Waals surface area contributed by atoms with E-state index in [4.69, 9.17) is 0 Å². The summed E-state index contributed by atoms with van der Waals surface area (Å²) >= 11 is 0. The maximum atomic E-state index is 4.45. The molecule has 96 valence electrons. The first-order chi connectivity index (χ1) is 9.36. The quantitative estimate of drug-likeness (QED) is 0.766. The van der Waals surface area contributed by atoms with E-state index in [1.54, 1.807) is 0 Å². The van der Waals surface area contributed by atoms with Crippen molar-refractivity contribution in [2.75, 3.05) is 5.32 Å². The number of aryl methyl sites for hydroxylation is 1. The Morgan fingerprint density at radius 2 is 2.05 bits per heavy atom. The predicted molar refractivity (Wildman–Crippen MR) is 79.2 cm³/mol. The zero-order valence-electron chi connectivity index (χ0n) is 11.0. The van der Waals surface area contributed by atoms with Crippen LogP contribution in [0.2, 0.25) is 0 Å². The van der Waals surface area contributed by atoms with Crippen LogP contribution in [0, 0.1) is 0 Å². The van der Waals surface area contributed by atoms with Gasteiger partial charge in [0.2, 0.25) is 0 Å². The van der Waals surface area contributed by atoms with Crippen LogP contribution >= 0.6 is 0 Å². The SMILES string of the molecule is CCn1ccc(CNc2cccc3cccnc23)c1. The topological polar surface area (TPSA) is 29.9 Å². The monoisotopic (exact) mass is 251 g/mol. The molecule has 0 aliphatic heterocycles. The maximum Gasteiger partial charge on any atom is 0.0933 e. The Labute approximate surface area is 112 Å². The van der Waals surface area contributed by atoms with Crippen LogP contribution < -0.4 is 5.32 Å². The smallest absolute Gasteiger partial charge is 0.0933 e. The molecule has 1 N–H and O–H groups in total. The number of nitrogens with zero attached hydrogens (tertiary/aromatic N) is 2. The average molecular weight is 251 g/mol. The summed E-state index contributed by atoms with van der Waals surface area (Å²) in [6.45, 7) is 3.98. The highest BCUT2D eigenvalue weighted by Crippen LogP contribution is 2.21. The van der Waals surface area contributed by atoms with E-state index < -0.39 is 0 Å². The highest BCUT2D eigenvalue weighted by atomic mass is 14.9. The summed E-state index contributed by atoms with van der Waals surface area (Å²) in [5.41, 5.74) is 3.40. The van der Waals surface area contributed by atoms with Crippen molar-refractivity contribution < 1.29 is 0 Å². The Morgan fingerprint density at radius 1 is 1.16 bits per heavy atom. The van der Waals surface area contributed by atoms with E-state index in [1.807, 2.05) is 12.3 Å². The average Bonchev–Trinajstić information content (AvgIpc) is 2.93. The molecular weight excluding hydrogens is 234 g/mol. The molecule has 2 heterocycles. The van der Waals surface area contributed by atoms with Crippen molar-refractivity contribution in [3.05, 3.63) is 60.6 Å². The predicted octanol–water partition coefficient (Wildman–Crippen LogP) is 3.67. The molecule has 3 heteroatoms. The highest BCUT2D eigenvalue weighted by Gasteiger charge is 2.01. The lowest BCUT2D eigenvalue weighted by atomic mass is 10.2. The number of anilines is 1. The first kappa shape index (κ1) is 11.8. The van der Waals surface area contributed by atoms with Gasteiger partial charge in [0.15, 0.2) is 0 Å². The van der Waals surface area contributed by atoms with Gasteiger partial charge in [-0.2, -0.15) is 0 Å². The minimum atomic E-state index is 0.822. The largest absolute Gasteiger partial charge is 0.379 e. The molecular formula is C16H17N3.